The van der Waals surface area contributed by atoms with E-state index in [-0.39, 0.29) is 0 Å². The number of hydrogen-bond acceptors (Lipinski definition) is 4. The molecule has 0 atom stereocenters. The Morgan fingerprint density at radius 1 is 1.45 bits per heavy atom. The maximum Gasteiger partial charge on any atom is 0.161 e. The molecule has 0 radical (unpaired) electrons. The van der Waals surface area contributed by atoms with Crippen LogP contribution in [0.15, 0.2) is 33.7 Å². The molecule has 0 bridgehead atoms. The van der Waals surface area contributed by atoms with Gasteiger partial charge in [-0.25, -0.2) is 0 Å². The number of hydrogen-bond donors (Lipinski definition) is 1. The molecule has 0 saturated heterocycles. The van der Waals surface area contributed by atoms with Gasteiger partial charge in [-0.3, -0.25) is 0 Å². The Hall–Kier alpha value is -1.71. The zero-order valence-electron chi connectivity index (χ0n) is 5.65. The van der Waals surface area contributed by atoms with Crippen LogP contribution >= 0.6 is 0 Å². The van der Waals surface area contributed by atoms with Gasteiger partial charge in [0.2, 0.25) is 0 Å². The summed E-state index contributed by atoms with van der Waals surface area (Å²) < 4.78 is 9.71. The minimum Gasteiger partial charge on any atom is -0.462 e. The van der Waals surface area contributed by atoms with Gasteiger partial charge in [0.15, 0.2) is 5.76 Å². The van der Waals surface area contributed by atoms with Crippen molar-refractivity contribution in [1.29, 1.82) is 0 Å². The lowest BCUT2D eigenvalue weighted by molar-refractivity contribution is 0.419. The highest BCUT2D eigenvalue weighted by Crippen LogP contribution is 2.25. The first-order valence-electron chi connectivity index (χ1n) is 3.10. The van der Waals surface area contributed by atoms with E-state index in [9.17, 15) is 0 Å². The van der Waals surface area contributed by atoms with Gasteiger partial charge in [0, 0.05) is 6.07 Å². The van der Waals surface area contributed by atoms with Gasteiger partial charge in [0.25, 0.3) is 0 Å². The lowest BCUT2D eigenvalue weighted by Gasteiger charge is -1.88. The van der Waals surface area contributed by atoms with Crippen LogP contribution < -0.4 is 5.73 Å². The molecule has 2 N–H and O–H groups in total. The van der Waals surface area contributed by atoms with E-state index in [1.54, 1.807) is 12.3 Å². The fourth-order valence-electron chi connectivity index (χ4n) is 0.871. The molecule has 4 nitrogen and oxygen atoms in total. The molecule has 2 heterocycles. The summed E-state index contributed by atoms with van der Waals surface area (Å²) in [4.78, 5) is 0. The number of aromatic nitrogens is 1. The summed E-state index contributed by atoms with van der Waals surface area (Å²) in [5.74, 6) is 0.603. The normalized spacial score (nSPS) is 10.2. The van der Waals surface area contributed by atoms with Crippen LogP contribution in [0.3, 0.4) is 0 Å². The second-order valence-electron chi connectivity index (χ2n) is 2.12. The Balaban J connectivity index is 2.53. The van der Waals surface area contributed by atoms with Gasteiger partial charge in [-0.2, -0.15) is 0 Å². The van der Waals surface area contributed by atoms with Gasteiger partial charge in [0.05, 0.1) is 23.7 Å². The molecule has 0 fully saturated rings. The first kappa shape index (κ1) is 6.03. The summed E-state index contributed by atoms with van der Waals surface area (Å²) in [6, 6.07) is 1.68. The van der Waals surface area contributed by atoms with Crippen LogP contribution in [-0.4, -0.2) is 5.16 Å². The molecule has 0 aliphatic carbocycles. The molecule has 2 aromatic heterocycles. The van der Waals surface area contributed by atoms with Crippen LogP contribution in [0, 0.1) is 0 Å². The lowest BCUT2D eigenvalue weighted by atomic mass is 10.2. The Bertz CT molecular complexity index is 337. The van der Waals surface area contributed by atoms with Gasteiger partial charge >= 0.3 is 0 Å². The molecule has 0 saturated carbocycles. The molecular formula is C7H6N2O2. The molecule has 0 unspecified atom stereocenters. The van der Waals surface area contributed by atoms with E-state index in [4.69, 9.17) is 10.2 Å². The second kappa shape index (κ2) is 2.16. The predicted molar refractivity (Wildman–Crippen MR) is 38.6 cm³/mol. The van der Waals surface area contributed by atoms with Crippen molar-refractivity contribution < 1.29 is 8.94 Å². The number of rotatable bonds is 1. The summed E-state index contributed by atoms with van der Waals surface area (Å²) in [6.45, 7) is 0. The Morgan fingerprint density at radius 2 is 2.36 bits per heavy atom. The number of furan rings is 1. The van der Waals surface area contributed by atoms with E-state index in [2.05, 4.69) is 9.68 Å². The monoisotopic (exact) mass is 150 g/mol. The van der Waals surface area contributed by atoms with Crippen molar-refractivity contribution in [2.24, 2.45) is 0 Å². The Morgan fingerprint density at radius 3 is 2.91 bits per heavy atom. The summed E-state index contributed by atoms with van der Waals surface area (Å²) in [6.07, 6.45) is 4.56. The average Bonchev–Trinajstić information content (AvgIpc) is 2.55. The molecule has 4 heteroatoms. The van der Waals surface area contributed by atoms with Crippen molar-refractivity contribution in [2.45, 2.75) is 0 Å². The van der Waals surface area contributed by atoms with Crippen LogP contribution in [0.1, 0.15) is 0 Å². The molecule has 2 aromatic rings. The smallest absolute Gasteiger partial charge is 0.161 e. The summed E-state index contributed by atoms with van der Waals surface area (Å²) >= 11 is 0. The van der Waals surface area contributed by atoms with Crippen molar-refractivity contribution in [3.63, 3.8) is 0 Å². The quantitative estimate of drug-likeness (QED) is 0.669. The average molecular weight is 150 g/mol. The van der Waals surface area contributed by atoms with Crippen molar-refractivity contribution in [3.05, 3.63) is 24.8 Å². The summed E-state index contributed by atoms with van der Waals surface area (Å²) in [5.41, 5.74) is 6.92. The van der Waals surface area contributed by atoms with E-state index in [1.165, 1.54) is 12.5 Å². The molecule has 11 heavy (non-hydrogen) atoms. The maximum absolute atomic E-state index is 5.57. The van der Waals surface area contributed by atoms with Crippen molar-refractivity contribution >= 4 is 5.69 Å². The molecule has 2 rings (SSSR count). The highest BCUT2D eigenvalue weighted by molar-refractivity contribution is 5.69. The number of nitrogens with zero attached hydrogens (tertiary/aromatic N) is 1. The van der Waals surface area contributed by atoms with E-state index in [0.29, 0.717) is 11.4 Å². The highest BCUT2D eigenvalue weighted by Gasteiger charge is 2.06. The van der Waals surface area contributed by atoms with Crippen molar-refractivity contribution in [3.8, 4) is 11.3 Å². The van der Waals surface area contributed by atoms with E-state index < -0.39 is 0 Å². The van der Waals surface area contributed by atoms with Crippen LogP contribution in [0.2, 0.25) is 0 Å². The maximum atomic E-state index is 5.57. The van der Waals surface area contributed by atoms with Crippen molar-refractivity contribution in [2.75, 3.05) is 5.73 Å². The standard InChI is InChI=1S/C7H6N2O2/c8-6-1-2-10-7(6)5-3-9-11-4-5/h1-4H,8H2. The van der Waals surface area contributed by atoms with Crippen LogP contribution in [0.4, 0.5) is 5.69 Å². The Labute approximate surface area is 62.6 Å². The van der Waals surface area contributed by atoms with E-state index in [1.807, 2.05) is 0 Å². The predicted octanol–water partition coefficient (Wildman–Crippen LogP) is 1.52. The first-order valence-corrected chi connectivity index (χ1v) is 3.10. The molecule has 0 aliphatic rings. The third-order valence-electron chi connectivity index (χ3n) is 1.39. The van der Waals surface area contributed by atoms with Crippen LogP contribution in [0.25, 0.3) is 11.3 Å². The topological polar surface area (TPSA) is 65.2 Å². The minimum atomic E-state index is 0.591. The molecule has 0 spiro atoms. The summed E-state index contributed by atoms with van der Waals surface area (Å²) in [7, 11) is 0. The van der Waals surface area contributed by atoms with Gasteiger partial charge in [0.1, 0.15) is 6.26 Å². The summed E-state index contributed by atoms with van der Waals surface area (Å²) in [5, 5.41) is 3.53. The highest BCUT2D eigenvalue weighted by atomic mass is 16.5. The van der Waals surface area contributed by atoms with Gasteiger partial charge < -0.3 is 14.7 Å². The zero-order valence-corrected chi connectivity index (χ0v) is 5.65. The first-order chi connectivity index (χ1) is 5.38. The fourth-order valence-corrected chi connectivity index (χ4v) is 0.871. The minimum absolute atomic E-state index is 0.591. The van der Waals surface area contributed by atoms with Gasteiger partial charge in [-0.15, -0.1) is 0 Å². The van der Waals surface area contributed by atoms with Crippen LogP contribution in [0.5, 0.6) is 0 Å². The molecule has 0 aromatic carbocycles. The zero-order chi connectivity index (χ0) is 7.68. The second-order valence-corrected chi connectivity index (χ2v) is 2.12. The van der Waals surface area contributed by atoms with E-state index in [0.717, 1.165) is 5.56 Å². The lowest BCUT2D eigenvalue weighted by Crippen LogP contribution is -1.82. The molecule has 0 amide bonds. The van der Waals surface area contributed by atoms with E-state index >= 15 is 0 Å². The van der Waals surface area contributed by atoms with Gasteiger partial charge in [-0.1, -0.05) is 5.16 Å². The number of anilines is 1. The molecule has 56 valence electrons. The Kier molecular flexibility index (Phi) is 1.18. The van der Waals surface area contributed by atoms with Crippen LogP contribution in [-0.2, 0) is 0 Å². The molecular weight excluding hydrogens is 144 g/mol. The third kappa shape index (κ3) is 0.881. The third-order valence-corrected chi connectivity index (χ3v) is 1.39. The number of nitrogen functional groups attached to an aromatic ring is 1. The van der Waals surface area contributed by atoms with Crippen molar-refractivity contribution in [1.82, 2.24) is 5.16 Å². The van der Waals surface area contributed by atoms with Gasteiger partial charge in [-0.05, 0) is 0 Å². The largest absolute Gasteiger partial charge is 0.462 e. The number of nitrogens with two attached hydrogens (primary N) is 1. The molecule has 0 aliphatic heterocycles. The fraction of sp³-hybridized carbons (Fsp3) is 0. The SMILES string of the molecule is Nc1ccoc1-c1cnoc1.